The first-order valence-corrected chi connectivity index (χ1v) is 8.70. The number of aryl methyl sites for hydroxylation is 1. The Morgan fingerprint density at radius 1 is 1.32 bits per heavy atom. The summed E-state index contributed by atoms with van der Waals surface area (Å²) in [5, 5.41) is 31.8. The van der Waals surface area contributed by atoms with E-state index in [1.54, 1.807) is 6.07 Å². The molecule has 0 bridgehead atoms. The molecule has 2 aromatic heterocycles. The van der Waals surface area contributed by atoms with Gasteiger partial charge < -0.3 is 19.5 Å². The summed E-state index contributed by atoms with van der Waals surface area (Å²) in [4.78, 5) is 0. The summed E-state index contributed by atoms with van der Waals surface area (Å²) in [7, 11) is 0. The second-order valence-corrected chi connectivity index (χ2v) is 6.73. The van der Waals surface area contributed by atoms with Crippen molar-refractivity contribution in [3.8, 4) is 11.3 Å². The van der Waals surface area contributed by atoms with E-state index < -0.39 is 42.6 Å². The lowest BCUT2D eigenvalue weighted by Crippen LogP contribution is -2.45. The second kappa shape index (κ2) is 7.38. The van der Waals surface area contributed by atoms with Gasteiger partial charge in [0.15, 0.2) is 17.4 Å². The number of halogens is 2. The number of nitrogens with zero attached hydrogens (tertiary/aromatic N) is 4. The van der Waals surface area contributed by atoms with Crippen LogP contribution in [0, 0.1) is 18.6 Å². The minimum Gasteiger partial charge on any atom is -0.394 e. The fraction of sp³-hybridized carbons (Fsp3) is 0.389. The SMILES string of the molecule is Cc1cc(-c2cn(C3CC(c4ccno4)OC(CO)C3O)nn2)cc(F)c1F. The molecule has 1 aliphatic rings. The number of benzene rings is 1. The molecule has 4 atom stereocenters. The summed E-state index contributed by atoms with van der Waals surface area (Å²) >= 11 is 0. The van der Waals surface area contributed by atoms with Gasteiger partial charge in [-0.05, 0) is 24.6 Å². The highest BCUT2D eigenvalue weighted by Crippen LogP contribution is 2.37. The van der Waals surface area contributed by atoms with E-state index in [1.807, 2.05) is 0 Å². The minimum absolute atomic E-state index is 0.154. The van der Waals surface area contributed by atoms with Crippen molar-refractivity contribution in [3.05, 3.63) is 53.6 Å². The van der Waals surface area contributed by atoms with E-state index in [-0.39, 0.29) is 5.56 Å². The molecule has 3 aromatic rings. The molecule has 10 heteroatoms. The molecule has 4 rings (SSSR count). The van der Waals surface area contributed by atoms with E-state index in [0.29, 0.717) is 23.4 Å². The van der Waals surface area contributed by atoms with Crippen molar-refractivity contribution >= 4 is 0 Å². The Kier molecular flexibility index (Phi) is 4.92. The van der Waals surface area contributed by atoms with Crippen LogP contribution in [-0.2, 0) is 4.74 Å². The van der Waals surface area contributed by atoms with Crippen LogP contribution in [0.5, 0.6) is 0 Å². The summed E-state index contributed by atoms with van der Waals surface area (Å²) in [5.41, 5.74) is 0.855. The van der Waals surface area contributed by atoms with Crippen molar-refractivity contribution in [2.45, 2.75) is 37.7 Å². The lowest BCUT2D eigenvalue weighted by Gasteiger charge is -2.37. The van der Waals surface area contributed by atoms with Gasteiger partial charge in [-0.25, -0.2) is 13.5 Å². The summed E-state index contributed by atoms with van der Waals surface area (Å²) in [6.07, 6.45) is 0.874. The van der Waals surface area contributed by atoms with Crippen molar-refractivity contribution in [2.75, 3.05) is 6.61 Å². The molecule has 148 valence electrons. The van der Waals surface area contributed by atoms with Crippen LogP contribution in [0.3, 0.4) is 0 Å². The zero-order valence-corrected chi connectivity index (χ0v) is 14.9. The van der Waals surface area contributed by atoms with Gasteiger partial charge in [0.25, 0.3) is 0 Å². The van der Waals surface area contributed by atoms with E-state index in [1.165, 1.54) is 30.1 Å². The van der Waals surface area contributed by atoms with Crippen LogP contribution in [0.25, 0.3) is 11.3 Å². The van der Waals surface area contributed by atoms with Crippen LogP contribution in [0.15, 0.2) is 35.1 Å². The maximum Gasteiger partial charge on any atom is 0.165 e. The molecular weight excluding hydrogens is 374 g/mol. The Hall–Kier alpha value is -2.69. The smallest absolute Gasteiger partial charge is 0.165 e. The third-order valence-electron chi connectivity index (χ3n) is 4.88. The molecule has 1 saturated heterocycles. The molecular formula is C18H18F2N4O4. The normalized spacial score (nSPS) is 25.2. The van der Waals surface area contributed by atoms with E-state index in [0.717, 1.165) is 6.07 Å². The van der Waals surface area contributed by atoms with Crippen LogP contribution in [-0.4, -0.2) is 49.2 Å². The van der Waals surface area contributed by atoms with Crippen molar-refractivity contribution < 1.29 is 28.3 Å². The highest BCUT2D eigenvalue weighted by atomic mass is 19.2. The van der Waals surface area contributed by atoms with Gasteiger partial charge in [-0.15, -0.1) is 5.10 Å². The highest BCUT2D eigenvalue weighted by molar-refractivity contribution is 5.59. The third kappa shape index (κ3) is 3.30. The van der Waals surface area contributed by atoms with E-state index in [9.17, 15) is 19.0 Å². The van der Waals surface area contributed by atoms with Gasteiger partial charge >= 0.3 is 0 Å². The third-order valence-corrected chi connectivity index (χ3v) is 4.88. The van der Waals surface area contributed by atoms with Crippen molar-refractivity contribution in [2.24, 2.45) is 0 Å². The first-order chi connectivity index (χ1) is 13.5. The van der Waals surface area contributed by atoms with Gasteiger partial charge in [-0.3, -0.25) is 0 Å². The first-order valence-electron chi connectivity index (χ1n) is 8.70. The summed E-state index contributed by atoms with van der Waals surface area (Å²) in [6, 6.07) is 3.59. The lowest BCUT2D eigenvalue weighted by molar-refractivity contribution is -0.163. The molecule has 0 amide bonds. The monoisotopic (exact) mass is 392 g/mol. The summed E-state index contributed by atoms with van der Waals surface area (Å²) in [5.74, 6) is -1.41. The highest BCUT2D eigenvalue weighted by Gasteiger charge is 2.40. The maximum absolute atomic E-state index is 13.7. The molecule has 3 heterocycles. The largest absolute Gasteiger partial charge is 0.394 e. The first kappa shape index (κ1) is 18.7. The minimum atomic E-state index is -1.05. The van der Waals surface area contributed by atoms with Crippen molar-refractivity contribution in [3.63, 3.8) is 0 Å². The van der Waals surface area contributed by atoms with Gasteiger partial charge in [0.1, 0.15) is 24.0 Å². The van der Waals surface area contributed by atoms with Gasteiger partial charge in [-0.1, -0.05) is 10.4 Å². The topological polar surface area (TPSA) is 106 Å². The molecule has 1 aliphatic heterocycles. The Labute approximate surface area is 158 Å². The molecule has 8 nitrogen and oxygen atoms in total. The van der Waals surface area contributed by atoms with Gasteiger partial charge in [-0.2, -0.15) is 0 Å². The fourth-order valence-corrected chi connectivity index (χ4v) is 3.39. The van der Waals surface area contributed by atoms with Gasteiger partial charge in [0.05, 0.1) is 25.0 Å². The second-order valence-electron chi connectivity index (χ2n) is 6.73. The van der Waals surface area contributed by atoms with Crippen molar-refractivity contribution in [1.82, 2.24) is 20.2 Å². The number of aliphatic hydroxyl groups excluding tert-OH is 2. The molecule has 1 fully saturated rings. The van der Waals surface area contributed by atoms with Crippen LogP contribution >= 0.6 is 0 Å². The molecule has 4 unspecified atom stereocenters. The summed E-state index contributed by atoms with van der Waals surface area (Å²) < 4.78 is 39.5. The van der Waals surface area contributed by atoms with Gasteiger partial charge in [0.2, 0.25) is 0 Å². The average Bonchev–Trinajstić information content (AvgIpc) is 3.38. The number of aromatic nitrogens is 4. The molecule has 0 spiro atoms. The lowest BCUT2D eigenvalue weighted by atomic mass is 9.94. The standard InChI is InChI=1S/C18H18F2N4O4/c1-9-4-10(5-11(19)17(9)20)12-7-24(23-22-12)13-6-15(14-2-3-21-28-14)27-16(8-25)18(13)26/h2-5,7,13,15-16,18,25-26H,6,8H2,1H3. The average molecular weight is 392 g/mol. The predicted molar refractivity (Wildman–Crippen MR) is 91.0 cm³/mol. The van der Waals surface area contributed by atoms with E-state index in [2.05, 4.69) is 15.5 Å². The van der Waals surface area contributed by atoms with Gasteiger partial charge in [0, 0.05) is 18.1 Å². The van der Waals surface area contributed by atoms with Crippen LogP contribution in [0.1, 0.15) is 29.9 Å². The van der Waals surface area contributed by atoms with E-state index in [4.69, 9.17) is 9.26 Å². The molecule has 0 radical (unpaired) electrons. The maximum atomic E-state index is 13.7. The van der Waals surface area contributed by atoms with Crippen molar-refractivity contribution in [1.29, 1.82) is 0 Å². The molecule has 0 aliphatic carbocycles. The Morgan fingerprint density at radius 2 is 2.14 bits per heavy atom. The molecule has 28 heavy (non-hydrogen) atoms. The molecule has 0 saturated carbocycles. The molecule has 2 N–H and O–H groups in total. The zero-order valence-electron chi connectivity index (χ0n) is 14.9. The summed E-state index contributed by atoms with van der Waals surface area (Å²) in [6.45, 7) is 1.06. The molecule has 1 aromatic carbocycles. The number of hydrogen-bond acceptors (Lipinski definition) is 7. The number of hydrogen-bond donors (Lipinski definition) is 2. The predicted octanol–water partition coefficient (Wildman–Crippen LogP) is 1.94. The van der Waals surface area contributed by atoms with Crippen LogP contribution in [0.4, 0.5) is 8.78 Å². The Morgan fingerprint density at radius 3 is 2.82 bits per heavy atom. The Balaban J connectivity index is 1.64. The number of rotatable bonds is 4. The van der Waals surface area contributed by atoms with Crippen LogP contribution < -0.4 is 0 Å². The van der Waals surface area contributed by atoms with E-state index >= 15 is 0 Å². The number of aliphatic hydroxyl groups is 2. The number of ether oxygens (including phenoxy) is 1. The Bertz CT molecular complexity index is 939. The zero-order chi connectivity index (χ0) is 19.8. The quantitative estimate of drug-likeness (QED) is 0.699. The van der Waals surface area contributed by atoms with Crippen LogP contribution in [0.2, 0.25) is 0 Å². The fourth-order valence-electron chi connectivity index (χ4n) is 3.39.